The first-order valence-electron chi connectivity index (χ1n) is 14.1. The molecule has 0 aromatic heterocycles. The van der Waals surface area contributed by atoms with E-state index in [4.69, 9.17) is 14.2 Å². The average molecular weight is 580 g/mol. The van der Waals surface area contributed by atoms with E-state index in [2.05, 4.69) is 26.0 Å². The van der Waals surface area contributed by atoms with Crippen molar-refractivity contribution in [3.63, 3.8) is 0 Å². The first-order chi connectivity index (χ1) is 19.9. The molecule has 41 heavy (non-hydrogen) atoms. The fraction of sp³-hybridized carbons (Fsp3) is 0.394. The number of carbonyl (C=O) groups is 2. The van der Waals surface area contributed by atoms with Crippen molar-refractivity contribution >= 4 is 23.8 Å². The van der Waals surface area contributed by atoms with Crippen LogP contribution in [0.2, 0.25) is 0 Å². The minimum absolute atomic E-state index is 0.281. The molecule has 1 amide bonds. The minimum Gasteiger partial charge on any atom is -0.492 e. The molecule has 7 nitrogen and oxygen atoms in total. The number of ether oxygens (including phenoxy) is 3. The van der Waals surface area contributed by atoms with Gasteiger partial charge in [0, 0.05) is 25.3 Å². The number of carbonyl (C=O) groups excluding carboxylic acids is 1. The van der Waals surface area contributed by atoms with Crippen molar-refractivity contribution in [1.29, 1.82) is 0 Å². The van der Waals surface area contributed by atoms with Crippen LogP contribution in [0.15, 0.2) is 78.9 Å². The smallest absolute Gasteiger partial charge is 0.415 e. The zero-order valence-corrected chi connectivity index (χ0v) is 25.0. The Morgan fingerprint density at radius 1 is 0.878 bits per heavy atom. The van der Waals surface area contributed by atoms with Gasteiger partial charge >= 0.3 is 12.1 Å². The van der Waals surface area contributed by atoms with Crippen LogP contribution in [0, 0.1) is 0 Å². The molecule has 0 bridgehead atoms. The number of hydrogen-bond donors (Lipinski definition) is 1. The van der Waals surface area contributed by atoms with Gasteiger partial charge in [-0.25, -0.2) is 9.59 Å². The van der Waals surface area contributed by atoms with Gasteiger partial charge < -0.3 is 24.2 Å². The van der Waals surface area contributed by atoms with Crippen LogP contribution < -0.4 is 9.47 Å². The van der Waals surface area contributed by atoms with Gasteiger partial charge in [-0.3, -0.25) is 0 Å². The van der Waals surface area contributed by atoms with Crippen molar-refractivity contribution in [2.24, 2.45) is 0 Å². The zero-order chi connectivity index (χ0) is 29.5. The summed E-state index contributed by atoms with van der Waals surface area (Å²) in [5.74, 6) is 2.44. The van der Waals surface area contributed by atoms with E-state index in [1.54, 1.807) is 24.0 Å². The average Bonchev–Trinajstić information content (AvgIpc) is 2.97. The molecule has 0 saturated heterocycles. The van der Waals surface area contributed by atoms with E-state index in [1.165, 1.54) is 11.1 Å². The van der Waals surface area contributed by atoms with Crippen molar-refractivity contribution in [1.82, 2.24) is 4.90 Å². The fourth-order valence-electron chi connectivity index (χ4n) is 4.13. The molecule has 0 saturated carbocycles. The molecule has 0 aliphatic carbocycles. The van der Waals surface area contributed by atoms with E-state index in [0.29, 0.717) is 43.7 Å². The number of benzene rings is 3. The molecule has 0 aliphatic rings. The van der Waals surface area contributed by atoms with Crippen LogP contribution in [-0.4, -0.2) is 60.2 Å². The molecule has 0 heterocycles. The third-order valence-corrected chi connectivity index (χ3v) is 7.57. The van der Waals surface area contributed by atoms with E-state index in [9.17, 15) is 14.7 Å². The fourth-order valence-corrected chi connectivity index (χ4v) is 5.04. The molecular weight excluding hydrogens is 538 g/mol. The van der Waals surface area contributed by atoms with Gasteiger partial charge in [-0.1, -0.05) is 68.4 Å². The Hall–Kier alpha value is -3.49. The molecule has 0 fully saturated rings. The maximum absolute atomic E-state index is 13.1. The first kappa shape index (κ1) is 32.0. The van der Waals surface area contributed by atoms with Gasteiger partial charge in [-0.05, 0) is 66.0 Å². The molecule has 1 unspecified atom stereocenters. The second-order valence-electron chi connectivity index (χ2n) is 9.95. The zero-order valence-electron chi connectivity index (χ0n) is 24.2. The lowest BCUT2D eigenvalue weighted by molar-refractivity contribution is -0.149. The van der Waals surface area contributed by atoms with Gasteiger partial charge in [0.1, 0.15) is 18.1 Å². The Morgan fingerprint density at radius 3 is 2.20 bits per heavy atom. The topological polar surface area (TPSA) is 85.3 Å². The normalized spacial score (nSPS) is 11.7. The summed E-state index contributed by atoms with van der Waals surface area (Å²) in [5.41, 5.74) is 3.32. The number of amides is 1. The number of rotatable bonds is 17. The van der Waals surface area contributed by atoms with E-state index in [0.717, 1.165) is 23.5 Å². The van der Waals surface area contributed by atoms with Gasteiger partial charge in [0.25, 0.3) is 0 Å². The van der Waals surface area contributed by atoms with Gasteiger partial charge in [0.15, 0.2) is 6.10 Å². The second kappa shape index (κ2) is 17.4. The van der Waals surface area contributed by atoms with Crippen molar-refractivity contribution in [3.05, 3.63) is 95.6 Å². The summed E-state index contributed by atoms with van der Waals surface area (Å²) >= 11 is 1.84. The lowest BCUT2D eigenvalue weighted by Gasteiger charge is -2.22. The van der Waals surface area contributed by atoms with Crippen LogP contribution in [0.3, 0.4) is 0 Å². The van der Waals surface area contributed by atoms with Crippen molar-refractivity contribution < 1.29 is 28.9 Å². The van der Waals surface area contributed by atoms with Gasteiger partial charge in [0.05, 0.1) is 6.54 Å². The highest BCUT2D eigenvalue weighted by molar-refractivity contribution is 7.98. The van der Waals surface area contributed by atoms with E-state index >= 15 is 0 Å². The third kappa shape index (κ3) is 11.5. The Kier molecular flexibility index (Phi) is 13.6. The summed E-state index contributed by atoms with van der Waals surface area (Å²) in [7, 11) is 0. The lowest BCUT2D eigenvalue weighted by atomic mass is 10.0. The summed E-state index contributed by atoms with van der Waals surface area (Å²) < 4.78 is 16.9. The molecule has 1 atom stereocenters. The molecule has 3 aromatic carbocycles. The predicted octanol–water partition coefficient (Wildman–Crippen LogP) is 7.05. The van der Waals surface area contributed by atoms with Crippen molar-refractivity contribution in [2.75, 3.05) is 32.1 Å². The molecule has 0 radical (unpaired) electrons. The number of hydrogen-bond acceptors (Lipinski definition) is 6. The molecule has 3 rings (SSSR count). The summed E-state index contributed by atoms with van der Waals surface area (Å²) in [6.45, 7) is 7.60. The molecular formula is C33H41NO6S. The standard InChI is InChI=1S/C33H41NO6S/c1-4-38-31(32(35)36)23-26-11-15-29(16-12-26)39-21-20-34(19-8-22-41-24-27-9-6-5-7-10-27)33(37)40-30-17-13-28(14-18-30)25(2)3/h5-7,9-18,25,31H,4,8,19-24H2,1-3H3,(H,35,36). The second-order valence-corrected chi connectivity index (χ2v) is 11.1. The summed E-state index contributed by atoms with van der Waals surface area (Å²) in [4.78, 5) is 26.1. The van der Waals surface area contributed by atoms with Crippen LogP contribution in [0.5, 0.6) is 11.5 Å². The molecule has 0 spiro atoms. The number of carboxylic acid groups (broad SMARTS) is 1. The van der Waals surface area contributed by atoms with Gasteiger partial charge in [0.2, 0.25) is 0 Å². The quantitative estimate of drug-likeness (QED) is 0.172. The number of aliphatic carboxylic acids is 1. The van der Waals surface area contributed by atoms with Crippen LogP contribution in [0.25, 0.3) is 0 Å². The lowest BCUT2D eigenvalue weighted by Crippen LogP contribution is -2.37. The van der Waals surface area contributed by atoms with Crippen LogP contribution in [-0.2, 0) is 21.7 Å². The van der Waals surface area contributed by atoms with Crippen LogP contribution >= 0.6 is 11.8 Å². The minimum atomic E-state index is -0.978. The van der Waals surface area contributed by atoms with Crippen LogP contribution in [0.1, 0.15) is 49.8 Å². The number of thioether (sulfide) groups is 1. The molecule has 1 N–H and O–H groups in total. The Bertz CT molecular complexity index is 1180. The maximum atomic E-state index is 13.1. The van der Waals surface area contributed by atoms with E-state index in [1.807, 2.05) is 66.4 Å². The first-order valence-corrected chi connectivity index (χ1v) is 15.3. The van der Waals surface area contributed by atoms with Gasteiger partial charge in [-0.2, -0.15) is 11.8 Å². The van der Waals surface area contributed by atoms with Crippen molar-refractivity contribution in [3.8, 4) is 11.5 Å². The SMILES string of the molecule is CCOC(Cc1ccc(OCCN(CCCSCc2ccccc2)C(=O)Oc2ccc(C(C)C)cc2)cc1)C(=O)O. The monoisotopic (exact) mass is 579 g/mol. The van der Waals surface area contributed by atoms with Crippen molar-refractivity contribution in [2.45, 2.75) is 51.4 Å². The molecule has 0 aliphatic heterocycles. The van der Waals surface area contributed by atoms with E-state index in [-0.39, 0.29) is 6.42 Å². The Labute approximate surface area is 247 Å². The van der Waals surface area contributed by atoms with Gasteiger partial charge in [-0.15, -0.1) is 0 Å². The Morgan fingerprint density at radius 2 is 1.56 bits per heavy atom. The maximum Gasteiger partial charge on any atom is 0.415 e. The predicted molar refractivity (Wildman–Crippen MR) is 164 cm³/mol. The molecule has 8 heteroatoms. The molecule has 220 valence electrons. The number of carboxylic acids is 1. The summed E-state index contributed by atoms with van der Waals surface area (Å²) in [6, 6.07) is 25.3. The highest BCUT2D eigenvalue weighted by Gasteiger charge is 2.18. The Balaban J connectivity index is 1.53. The number of nitrogens with zero attached hydrogens (tertiary/aromatic N) is 1. The highest BCUT2D eigenvalue weighted by Crippen LogP contribution is 2.20. The van der Waals surface area contributed by atoms with Crippen LogP contribution in [0.4, 0.5) is 4.79 Å². The summed E-state index contributed by atoms with van der Waals surface area (Å²) in [5, 5.41) is 9.31. The highest BCUT2D eigenvalue weighted by atomic mass is 32.2. The third-order valence-electron chi connectivity index (χ3n) is 6.46. The summed E-state index contributed by atoms with van der Waals surface area (Å²) in [6.07, 6.45) is -0.162. The van der Waals surface area contributed by atoms with E-state index < -0.39 is 18.2 Å². The molecule has 3 aromatic rings. The largest absolute Gasteiger partial charge is 0.492 e.